The van der Waals surface area contributed by atoms with Crippen molar-refractivity contribution in [1.82, 2.24) is 30.3 Å². The molecule has 26 nitrogen and oxygen atoms in total. The fraction of sp³-hybridized carbons (Fsp3) is 0.654. The van der Waals surface area contributed by atoms with Crippen molar-refractivity contribution in [3.63, 3.8) is 0 Å². The third-order valence-electron chi connectivity index (χ3n) is 26.0. The zero-order chi connectivity index (χ0) is 98.0. The monoisotopic (exact) mass is 1880 g/mol. The maximum Gasteiger partial charge on any atom is 0.397 e. The standard InChI is InChI=1S/C40H75N3O7.C30H41ClN3O8.C29H31ClN2O3.C4H10.CH4/c1-17-26(6)37(41(13)39(48)30(24(2)3)22-33(46)36(25(4)5)42(14)40(10,11)12)34(49-15)23-35(47)43-20-18-19-31(43)38(50-16)28(8)32(45)21-27(7)29(9)44;1-17-9-8-10-23(39-7)30(37)14-22(40-19(3)33-30)18(2)27-29(4,42-27)24(41-26(36)15-32-5)13-25(35)34-16-20(11-17)12-21(38-6)28(34)31;1-5-12-34-20-10-11-23-18(13-20)14-24(31-23)28(33)32-17-19(16-30)27-22-9-7-6-8-21(22)26(15-25(27)32)35-29(2,3)4;1-4(2)3;/h24-31,34,36-38,44H,17-23H2,1-16H3;8-10,12,16,18,22-24,27,32-33,37H,3,11,13-15H2,1-2,4-7H3;6-11,13-15,19,31H,5,12,16-17H2,1-4H3;4H,1-3H3;1H4/q;+1;;;/b;10-8+,17-9+;;;/t26-,27-,28-,29-,30-,31-,34+,36-,37-,38+;18-,22+,23-,24+,27?,29+,30+;19-;;/m011../s1. The van der Waals surface area contributed by atoms with Crippen LogP contribution in [0.4, 0.5) is 5.69 Å². The van der Waals surface area contributed by atoms with Crippen molar-refractivity contribution < 1.29 is 91.0 Å². The smallest absolute Gasteiger partial charge is 0.397 e. The molecule has 1 unspecified atom stereocenters. The Labute approximate surface area is 798 Å². The van der Waals surface area contributed by atoms with Crippen LogP contribution in [0.3, 0.4) is 0 Å². The molecule has 738 valence electrons. The molecule has 5 aromatic rings. The van der Waals surface area contributed by atoms with Gasteiger partial charge in [-0.05, 0) is 191 Å². The number of pyridine rings is 1. The van der Waals surface area contributed by atoms with Crippen LogP contribution < -0.4 is 34.3 Å². The zero-order valence-corrected chi connectivity index (χ0v) is 85.3. The number of aromatic amines is 1. The summed E-state index contributed by atoms with van der Waals surface area (Å²) in [4.78, 5) is 107. The van der Waals surface area contributed by atoms with Gasteiger partial charge < -0.3 is 83.2 Å². The summed E-state index contributed by atoms with van der Waals surface area (Å²) < 4.78 is 54.6. The maximum atomic E-state index is 14.4. The highest BCUT2D eigenvalue weighted by molar-refractivity contribution is 6.30. The molecular formula is C104H161Cl2N8O18+. The first-order valence-corrected chi connectivity index (χ1v) is 47.9. The number of anilines is 1. The first kappa shape index (κ1) is 113. The number of carbonyl (C=O) groups is 7. The van der Waals surface area contributed by atoms with E-state index in [2.05, 4.69) is 115 Å². The lowest BCUT2D eigenvalue weighted by atomic mass is 9.83. The average molecular weight is 1880 g/mol. The predicted octanol–water partition coefficient (Wildman–Crippen LogP) is 17.6. The van der Waals surface area contributed by atoms with E-state index in [4.69, 9.17) is 65.8 Å². The average Bonchev–Trinajstić information content (AvgIpc) is 1.57. The number of alkyl halides is 1. The molecule has 0 saturated carbocycles. The lowest BCUT2D eigenvalue weighted by molar-refractivity contribution is -0.573. The van der Waals surface area contributed by atoms with Gasteiger partial charge in [-0.15, -0.1) is 16.2 Å². The first-order chi connectivity index (χ1) is 61.4. The van der Waals surface area contributed by atoms with Gasteiger partial charge in [0, 0.05) is 124 Å². The van der Waals surface area contributed by atoms with Gasteiger partial charge in [0.15, 0.2) is 23.6 Å². The normalized spacial score (nSPS) is 23.6. The number of fused-ring (bicyclic) bond motifs is 9. The number of likely N-dealkylation sites (tertiary alicyclic amines) is 1. The minimum absolute atomic E-state index is 0. The number of nitrogens with zero attached hydrogens (tertiary/aromatic N) is 5. The van der Waals surface area contributed by atoms with Gasteiger partial charge >= 0.3 is 17.0 Å². The minimum Gasteiger partial charge on any atom is -0.494 e. The number of amides is 3. The summed E-state index contributed by atoms with van der Waals surface area (Å²) in [5, 5.41) is 30.5. The Balaban J connectivity index is 0.000000300. The summed E-state index contributed by atoms with van der Waals surface area (Å²) >= 11 is 13.0. The van der Waals surface area contributed by atoms with Crippen LogP contribution in [0.25, 0.3) is 21.7 Å². The summed E-state index contributed by atoms with van der Waals surface area (Å²) in [6.07, 6.45) is 7.05. The number of epoxide rings is 1. The van der Waals surface area contributed by atoms with Crippen LogP contribution in [0.15, 0.2) is 103 Å². The van der Waals surface area contributed by atoms with Crippen LogP contribution in [-0.2, 0) is 58.8 Å². The first-order valence-electron chi connectivity index (χ1n) is 47.0. The van der Waals surface area contributed by atoms with Crippen LogP contribution >= 0.6 is 23.2 Å². The second-order valence-electron chi connectivity index (χ2n) is 40.1. The molecule has 10 rings (SSSR count). The van der Waals surface area contributed by atoms with E-state index in [1.54, 1.807) is 65.4 Å². The van der Waals surface area contributed by atoms with E-state index < -0.39 is 83.8 Å². The third kappa shape index (κ3) is 28.8. The molecule has 5 N–H and O–H groups in total. The van der Waals surface area contributed by atoms with Crippen LogP contribution in [0, 0.1) is 47.3 Å². The van der Waals surface area contributed by atoms with Gasteiger partial charge in [0.05, 0.1) is 74.9 Å². The number of allylic oxidation sites excluding steroid dienone is 3. The van der Waals surface area contributed by atoms with Gasteiger partial charge in [0.1, 0.15) is 58.9 Å². The van der Waals surface area contributed by atoms with Gasteiger partial charge in [0.25, 0.3) is 5.91 Å². The summed E-state index contributed by atoms with van der Waals surface area (Å²) in [6, 6.07) is 18.8. The largest absolute Gasteiger partial charge is 0.494 e. The molecule has 28 heteroatoms. The fourth-order valence-electron chi connectivity index (χ4n) is 18.3. The number of ether oxygens (including phenoxy) is 9. The van der Waals surface area contributed by atoms with E-state index in [0.717, 1.165) is 87.2 Å². The number of aromatic nitrogens is 2. The number of halogens is 2. The molecule has 7 heterocycles. The lowest BCUT2D eigenvalue weighted by Crippen LogP contribution is -2.60. The molecule has 132 heavy (non-hydrogen) atoms. The van der Waals surface area contributed by atoms with Crippen molar-refractivity contribution in [2.24, 2.45) is 47.3 Å². The van der Waals surface area contributed by atoms with E-state index in [0.29, 0.717) is 43.4 Å². The quantitative estimate of drug-likeness (QED) is 0.00878. The fourth-order valence-corrected chi connectivity index (χ4v) is 18.8. The highest BCUT2D eigenvalue weighted by Crippen LogP contribution is 2.51. The van der Waals surface area contributed by atoms with Gasteiger partial charge in [-0.2, -0.15) is 0 Å². The number of aliphatic hydroxyl groups is 2. The maximum absolute atomic E-state index is 14.4. The Morgan fingerprint density at radius 2 is 1.52 bits per heavy atom. The number of likely N-dealkylation sites (N-methyl/N-ethyl adjacent to an activating group) is 3. The molecule has 18 atom stereocenters. The van der Waals surface area contributed by atoms with E-state index in [-0.39, 0.29) is 145 Å². The number of carbonyl (C=O) groups excluding carboxylic acids is 7. The van der Waals surface area contributed by atoms with Crippen molar-refractivity contribution in [2.45, 2.75) is 313 Å². The van der Waals surface area contributed by atoms with E-state index in [1.165, 1.54) is 18.8 Å². The van der Waals surface area contributed by atoms with Crippen molar-refractivity contribution in [3.05, 3.63) is 125 Å². The number of hydrogen-bond acceptors (Lipinski definition) is 21. The van der Waals surface area contributed by atoms with E-state index in [9.17, 15) is 43.8 Å². The van der Waals surface area contributed by atoms with Crippen LogP contribution in [0.2, 0.25) is 5.15 Å². The molecule has 0 aliphatic carbocycles. The van der Waals surface area contributed by atoms with Gasteiger partial charge in [-0.25, -0.2) is 4.79 Å². The topological polar surface area (TPSA) is 303 Å². The number of hydrogen-bond donors (Lipinski definition) is 5. The van der Waals surface area contributed by atoms with Crippen molar-refractivity contribution in [2.75, 3.05) is 86.6 Å². The summed E-state index contributed by atoms with van der Waals surface area (Å²) in [5.74, 6) is 0.950. The molecule has 3 aromatic carbocycles. The van der Waals surface area contributed by atoms with Gasteiger partial charge in [-0.1, -0.05) is 152 Å². The summed E-state index contributed by atoms with van der Waals surface area (Å²) in [6.45, 7) is 49.9. The molecule has 2 aromatic heterocycles. The number of H-pyrrole nitrogens is 1. The molecule has 5 aliphatic rings. The summed E-state index contributed by atoms with van der Waals surface area (Å²) in [5.41, 5.74) is 2.07. The highest BCUT2D eigenvalue weighted by Gasteiger charge is 2.65. The molecule has 3 saturated heterocycles. The van der Waals surface area contributed by atoms with E-state index in [1.807, 2.05) is 134 Å². The molecule has 3 fully saturated rings. The predicted molar refractivity (Wildman–Crippen MR) is 525 cm³/mol. The molecule has 3 amide bonds. The Bertz CT molecular complexity index is 4740. The van der Waals surface area contributed by atoms with Crippen molar-refractivity contribution >= 4 is 91.7 Å². The minimum atomic E-state index is -1.51. The zero-order valence-electron chi connectivity index (χ0n) is 83.8. The van der Waals surface area contributed by atoms with Crippen LogP contribution in [0.1, 0.15) is 250 Å². The molecule has 5 aliphatic heterocycles. The molecule has 4 bridgehead atoms. The second-order valence-corrected chi connectivity index (χ2v) is 40.8. The van der Waals surface area contributed by atoms with Gasteiger partial charge in [-0.3, -0.25) is 33.7 Å². The Morgan fingerprint density at radius 1 is 0.856 bits per heavy atom. The Kier molecular flexibility index (Phi) is 42.4. The molecule has 0 spiro atoms. The number of methoxy groups -OCH3 is 4. The molecule has 0 radical (unpaired) electrons. The van der Waals surface area contributed by atoms with Crippen LogP contribution in [0.5, 0.6) is 17.2 Å². The number of ketones is 2. The van der Waals surface area contributed by atoms with E-state index >= 15 is 0 Å². The SMILES string of the molecule is C.C=C1N[C@]2(O)C[C@H](O1)[C@@H](C)C1O[C@@]1(C)[C@@H](OC(=O)CNC)CC(=O)[n+]1cc(cc(OC)c1Cl)C/C(C)=C/C=C/[C@H]2OC.CC(C)C.CCCOc1ccc2[nH]c(C(=O)N3C[C@@H](CCl)c4c3cc(OC(C)(C)C)c3ccccc43)cc2c1.CC[C@H](C)[C@@H]([C@@H](CC(=O)N1CCC[C@H]1[C@H](OC)[C@@H](C)C(=O)C[C@H](C)[C@H](C)O)OC)N(C)C(=O)[C@@H](CC(=O)[C@H](C(C)C)N(C)C(C)(C)C)C(C)C. The van der Waals surface area contributed by atoms with Gasteiger partial charge in [0.2, 0.25) is 17.6 Å². The highest BCUT2D eigenvalue weighted by atomic mass is 35.5. The number of Topliss-reactive ketones (excluding diaryl/α,β-unsaturated/α-hetero) is 2. The molecular weight excluding hydrogens is 1720 g/mol. The second kappa shape index (κ2) is 49.6. The van der Waals surface area contributed by atoms with Crippen LogP contribution in [-0.4, -0.2) is 236 Å². The summed E-state index contributed by atoms with van der Waals surface area (Å²) in [7, 11) is 11.6. The van der Waals surface area contributed by atoms with Crippen molar-refractivity contribution in [3.8, 4) is 17.2 Å². The van der Waals surface area contributed by atoms with Crippen molar-refractivity contribution in [1.29, 1.82) is 0 Å². The number of benzene rings is 3. The third-order valence-corrected chi connectivity index (χ3v) is 26.8. The Morgan fingerprint density at radius 3 is 2.08 bits per heavy atom. The number of aliphatic hydroxyl groups excluding tert-OH is 1. The lowest BCUT2D eigenvalue weighted by Gasteiger charge is -2.44. The number of rotatable bonds is 32. The Hall–Kier alpha value is -8.02. The number of nitrogens with one attached hydrogen (secondary N) is 3. The number of esters is 1.